The van der Waals surface area contributed by atoms with Gasteiger partial charge in [0.15, 0.2) is 0 Å². The molecule has 2 rings (SSSR count). The van der Waals surface area contributed by atoms with Crippen LogP contribution < -0.4 is 5.73 Å². The van der Waals surface area contributed by atoms with Gasteiger partial charge in [0, 0.05) is 18.3 Å². The van der Waals surface area contributed by atoms with E-state index in [1.807, 2.05) is 0 Å². The van der Waals surface area contributed by atoms with Gasteiger partial charge in [0.25, 0.3) is 0 Å². The Labute approximate surface area is 94.5 Å². The third kappa shape index (κ3) is 4.25. The van der Waals surface area contributed by atoms with Gasteiger partial charge in [-0.05, 0) is 12.8 Å². The van der Waals surface area contributed by atoms with Gasteiger partial charge in [-0.25, -0.2) is 9.78 Å². The molecule has 1 fully saturated rings. The van der Waals surface area contributed by atoms with Gasteiger partial charge in [0.2, 0.25) is 0 Å². The van der Waals surface area contributed by atoms with Crippen molar-refractivity contribution in [2.24, 2.45) is 0 Å². The number of carboxylic acid groups (broad SMARTS) is 1. The van der Waals surface area contributed by atoms with E-state index in [2.05, 4.69) is 9.97 Å². The number of hydrogen-bond donors (Lipinski definition) is 2. The summed E-state index contributed by atoms with van der Waals surface area (Å²) in [4.78, 5) is 17.0. The number of alkyl halides is 3. The van der Waals surface area contributed by atoms with Crippen LogP contribution in [0.2, 0.25) is 0 Å². The second-order valence-corrected chi connectivity index (χ2v) is 3.40. The van der Waals surface area contributed by atoms with E-state index >= 15 is 0 Å². The lowest BCUT2D eigenvalue weighted by atomic mass is 10.3. The van der Waals surface area contributed by atoms with Gasteiger partial charge < -0.3 is 10.8 Å². The van der Waals surface area contributed by atoms with Crippen LogP contribution in [0.5, 0.6) is 0 Å². The molecule has 0 saturated heterocycles. The average Bonchev–Trinajstić information content (AvgIpc) is 3.01. The van der Waals surface area contributed by atoms with E-state index in [9.17, 15) is 13.2 Å². The molecule has 1 saturated carbocycles. The Bertz CT molecular complexity index is 405. The fraction of sp³-hybridized carbons (Fsp3) is 0.444. The summed E-state index contributed by atoms with van der Waals surface area (Å²) in [5.74, 6) is -1.55. The average molecular weight is 249 g/mol. The van der Waals surface area contributed by atoms with Crippen molar-refractivity contribution in [2.45, 2.75) is 24.9 Å². The van der Waals surface area contributed by atoms with Crippen LogP contribution >= 0.6 is 0 Å². The van der Waals surface area contributed by atoms with Crippen LogP contribution in [-0.2, 0) is 4.79 Å². The minimum Gasteiger partial charge on any atom is -0.475 e. The summed E-state index contributed by atoms with van der Waals surface area (Å²) in [6.07, 6.45) is 0.691. The van der Waals surface area contributed by atoms with E-state index in [0.717, 1.165) is 5.69 Å². The molecule has 5 nitrogen and oxygen atoms in total. The molecule has 0 amide bonds. The number of nitrogens with two attached hydrogens (primary N) is 1. The van der Waals surface area contributed by atoms with Gasteiger partial charge >= 0.3 is 12.1 Å². The number of aromatic nitrogens is 2. The number of anilines is 1. The van der Waals surface area contributed by atoms with E-state index in [1.54, 1.807) is 12.4 Å². The van der Waals surface area contributed by atoms with Crippen LogP contribution in [0.15, 0.2) is 12.4 Å². The number of aliphatic carboxylic acids is 1. The maximum atomic E-state index is 10.6. The number of nitrogen functional groups attached to an aromatic ring is 1. The molecule has 0 spiro atoms. The van der Waals surface area contributed by atoms with Gasteiger partial charge in [-0.15, -0.1) is 0 Å². The number of carboxylic acids is 1. The molecule has 0 atom stereocenters. The van der Waals surface area contributed by atoms with Crippen molar-refractivity contribution in [1.82, 2.24) is 9.97 Å². The summed E-state index contributed by atoms with van der Waals surface area (Å²) < 4.78 is 31.7. The summed E-state index contributed by atoms with van der Waals surface area (Å²) >= 11 is 0. The van der Waals surface area contributed by atoms with Crippen molar-refractivity contribution < 1.29 is 23.1 Å². The van der Waals surface area contributed by atoms with E-state index in [0.29, 0.717) is 11.7 Å². The highest BCUT2D eigenvalue weighted by molar-refractivity contribution is 5.73. The van der Waals surface area contributed by atoms with Crippen molar-refractivity contribution in [1.29, 1.82) is 0 Å². The van der Waals surface area contributed by atoms with E-state index in [-0.39, 0.29) is 0 Å². The maximum absolute atomic E-state index is 10.6. The van der Waals surface area contributed by atoms with Crippen molar-refractivity contribution in [3.63, 3.8) is 0 Å². The molecule has 0 radical (unpaired) electrons. The Morgan fingerprint density at radius 3 is 2.18 bits per heavy atom. The van der Waals surface area contributed by atoms with E-state index in [1.165, 1.54) is 12.8 Å². The van der Waals surface area contributed by atoms with E-state index in [4.69, 9.17) is 15.6 Å². The molecule has 3 N–H and O–H groups in total. The molecular formula is C9H10F3N3O2. The molecule has 0 unspecified atom stereocenters. The number of carbonyl (C=O) groups is 1. The van der Waals surface area contributed by atoms with Gasteiger partial charge in [0.1, 0.15) is 5.82 Å². The Hall–Kier alpha value is -1.86. The topological polar surface area (TPSA) is 89.1 Å². The van der Waals surface area contributed by atoms with E-state index < -0.39 is 12.1 Å². The molecule has 1 aromatic heterocycles. The summed E-state index contributed by atoms with van der Waals surface area (Å²) in [7, 11) is 0. The molecule has 1 aliphatic rings. The number of rotatable bonds is 1. The molecular weight excluding hydrogens is 239 g/mol. The highest BCUT2D eigenvalue weighted by atomic mass is 19.4. The molecule has 0 aliphatic heterocycles. The van der Waals surface area contributed by atoms with Gasteiger partial charge in [-0.2, -0.15) is 13.2 Å². The van der Waals surface area contributed by atoms with Crippen molar-refractivity contribution in [3.05, 3.63) is 18.1 Å². The van der Waals surface area contributed by atoms with Crippen LogP contribution in [0.4, 0.5) is 19.0 Å². The third-order valence-corrected chi connectivity index (χ3v) is 1.96. The Balaban J connectivity index is 0.000000185. The highest BCUT2D eigenvalue weighted by Gasteiger charge is 2.38. The fourth-order valence-electron chi connectivity index (χ4n) is 1.03. The lowest BCUT2D eigenvalue weighted by molar-refractivity contribution is -0.192. The second kappa shape index (κ2) is 4.98. The fourth-order valence-corrected chi connectivity index (χ4v) is 1.03. The van der Waals surface area contributed by atoms with Gasteiger partial charge in [-0.1, -0.05) is 0 Å². The first-order valence-corrected chi connectivity index (χ1v) is 4.69. The molecule has 17 heavy (non-hydrogen) atoms. The Kier molecular flexibility index (Phi) is 3.87. The Morgan fingerprint density at radius 2 is 1.82 bits per heavy atom. The quantitative estimate of drug-likeness (QED) is 0.788. The minimum atomic E-state index is -5.08. The minimum absolute atomic E-state index is 0.602. The first-order valence-electron chi connectivity index (χ1n) is 4.69. The Morgan fingerprint density at radius 1 is 1.35 bits per heavy atom. The smallest absolute Gasteiger partial charge is 0.475 e. The molecule has 1 aromatic rings. The summed E-state index contributed by atoms with van der Waals surface area (Å²) in [6, 6.07) is 0. The van der Waals surface area contributed by atoms with Crippen molar-refractivity contribution in [3.8, 4) is 0 Å². The predicted molar refractivity (Wildman–Crippen MR) is 52.1 cm³/mol. The summed E-state index contributed by atoms with van der Waals surface area (Å²) in [5, 5.41) is 7.12. The summed E-state index contributed by atoms with van der Waals surface area (Å²) in [6.45, 7) is 0. The lowest BCUT2D eigenvalue weighted by Gasteiger charge is -1.97. The van der Waals surface area contributed by atoms with Crippen LogP contribution in [0.1, 0.15) is 24.5 Å². The molecule has 1 heterocycles. The first kappa shape index (κ1) is 13.2. The SMILES string of the molecule is Nc1nccnc1C1CC1.O=C(O)C(F)(F)F. The largest absolute Gasteiger partial charge is 0.490 e. The molecule has 94 valence electrons. The van der Waals surface area contributed by atoms with Crippen LogP contribution in [-0.4, -0.2) is 27.2 Å². The zero-order valence-corrected chi connectivity index (χ0v) is 8.61. The van der Waals surface area contributed by atoms with Gasteiger partial charge in [-0.3, -0.25) is 4.98 Å². The zero-order chi connectivity index (χ0) is 13.1. The zero-order valence-electron chi connectivity index (χ0n) is 8.61. The molecule has 8 heteroatoms. The van der Waals surface area contributed by atoms with Crippen molar-refractivity contribution in [2.75, 3.05) is 5.73 Å². The van der Waals surface area contributed by atoms with Crippen LogP contribution in [0, 0.1) is 0 Å². The van der Waals surface area contributed by atoms with Crippen LogP contribution in [0.3, 0.4) is 0 Å². The first-order chi connectivity index (χ1) is 7.82. The standard InChI is InChI=1S/C7H9N3.C2HF3O2/c8-7-6(5-1-2-5)9-3-4-10-7;3-2(4,5)1(6)7/h3-5H,1-2H2,(H2,8,10);(H,6,7). The van der Waals surface area contributed by atoms with Gasteiger partial charge in [0.05, 0.1) is 5.69 Å². The maximum Gasteiger partial charge on any atom is 0.490 e. The predicted octanol–water partition coefficient (Wildman–Crippen LogP) is 1.57. The normalized spacial score (nSPS) is 14.8. The number of nitrogens with zero attached hydrogens (tertiary/aromatic N) is 2. The third-order valence-electron chi connectivity index (χ3n) is 1.96. The molecule has 1 aliphatic carbocycles. The lowest BCUT2D eigenvalue weighted by Crippen LogP contribution is -2.21. The number of halogens is 3. The summed E-state index contributed by atoms with van der Waals surface area (Å²) in [5.41, 5.74) is 6.58. The number of hydrogen-bond acceptors (Lipinski definition) is 4. The monoisotopic (exact) mass is 249 g/mol. The second-order valence-electron chi connectivity index (χ2n) is 3.40. The molecule has 0 bridgehead atoms. The molecule has 0 aromatic carbocycles. The van der Waals surface area contributed by atoms with Crippen LogP contribution in [0.25, 0.3) is 0 Å². The highest BCUT2D eigenvalue weighted by Crippen LogP contribution is 2.40. The van der Waals surface area contributed by atoms with Crippen molar-refractivity contribution >= 4 is 11.8 Å².